The van der Waals surface area contributed by atoms with Crippen LogP contribution in [0.15, 0.2) is 65.9 Å². The van der Waals surface area contributed by atoms with Crippen LogP contribution in [0.4, 0.5) is 4.79 Å². The molecule has 0 aromatic heterocycles. The first-order valence-corrected chi connectivity index (χ1v) is 13.5. The summed E-state index contributed by atoms with van der Waals surface area (Å²) in [6.07, 6.45) is 0. The first kappa shape index (κ1) is 26.9. The van der Waals surface area contributed by atoms with Gasteiger partial charge in [-0.05, 0) is 36.5 Å². The zero-order valence-corrected chi connectivity index (χ0v) is 22.6. The van der Waals surface area contributed by atoms with E-state index in [-0.39, 0.29) is 18.6 Å². The van der Waals surface area contributed by atoms with E-state index in [1.807, 2.05) is 32.0 Å². The predicted molar refractivity (Wildman–Crippen MR) is 146 cm³/mol. The Kier molecular flexibility index (Phi) is 9.00. The highest BCUT2D eigenvalue weighted by molar-refractivity contribution is 5.95. The van der Waals surface area contributed by atoms with Crippen LogP contribution in [-0.2, 0) is 16.1 Å². The fourth-order valence-corrected chi connectivity index (χ4v) is 5.14. The molecule has 1 unspecified atom stereocenters. The lowest BCUT2D eigenvalue weighted by atomic mass is 9.92. The van der Waals surface area contributed by atoms with Gasteiger partial charge in [0.25, 0.3) is 0 Å². The van der Waals surface area contributed by atoms with Gasteiger partial charge in [0.05, 0.1) is 18.2 Å². The third-order valence-corrected chi connectivity index (χ3v) is 7.27. The molecule has 2 aliphatic rings. The van der Waals surface area contributed by atoms with Crippen molar-refractivity contribution in [2.75, 3.05) is 45.9 Å². The van der Waals surface area contributed by atoms with Gasteiger partial charge in [0.1, 0.15) is 0 Å². The highest BCUT2D eigenvalue weighted by Gasteiger charge is 2.38. The lowest BCUT2D eigenvalue weighted by Crippen LogP contribution is -2.53. The third-order valence-electron chi connectivity index (χ3n) is 7.27. The van der Waals surface area contributed by atoms with Gasteiger partial charge in [-0.3, -0.25) is 14.7 Å². The number of rotatable bonds is 9. The molecule has 1 atom stereocenters. The van der Waals surface area contributed by atoms with Crippen molar-refractivity contribution in [3.8, 4) is 0 Å². The summed E-state index contributed by atoms with van der Waals surface area (Å²) in [6, 6.07) is 18.0. The molecule has 0 saturated carbocycles. The summed E-state index contributed by atoms with van der Waals surface area (Å²) in [7, 11) is 0. The number of amides is 2. The lowest BCUT2D eigenvalue weighted by molar-refractivity contribution is -0.139. The molecule has 0 radical (unpaired) electrons. The Hall–Kier alpha value is -3.16. The number of nitrogens with one attached hydrogen (secondary N) is 1. The van der Waals surface area contributed by atoms with Crippen molar-refractivity contribution in [2.45, 2.75) is 46.2 Å². The highest BCUT2D eigenvalue weighted by Crippen LogP contribution is 2.33. The number of carbonyl (C=O) groups is 2. The molecule has 2 aliphatic heterocycles. The number of hydrogen-bond donors (Lipinski definition) is 1. The van der Waals surface area contributed by atoms with Gasteiger partial charge >= 0.3 is 12.0 Å². The average Bonchev–Trinajstić information content (AvgIpc) is 2.90. The molecule has 4 rings (SSSR count). The Morgan fingerprint density at radius 3 is 2.14 bits per heavy atom. The molecule has 2 amide bonds. The smallest absolute Gasteiger partial charge is 0.338 e. The summed E-state index contributed by atoms with van der Waals surface area (Å²) in [5, 5.41) is 3.07. The molecule has 1 N–H and O–H groups in total. The first-order valence-electron chi connectivity index (χ1n) is 13.5. The van der Waals surface area contributed by atoms with E-state index in [1.54, 1.807) is 4.90 Å². The third kappa shape index (κ3) is 6.40. The Bertz CT molecular complexity index is 1090. The number of likely N-dealkylation sites (N-methyl/N-ethyl adjacent to an activating group) is 1. The summed E-state index contributed by atoms with van der Waals surface area (Å²) in [5.74, 6) is 0.0402. The second kappa shape index (κ2) is 12.4. The average molecular weight is 505 g/mol. The lowest BCUT2D eigenvalue weighted by Gasteiger charge is -2.40. The molecule has 7 heteroatoms. The fourth-order valence-electron chi connectivity index (χ4n) is 5.14. The van der Waals surface area contributed by atoms with Gasteiger partial charge in [-0.25, -0.2) is 9.59 Å². The minimum Gasteiger partial charge on any atom is -0.463 e. The van der Waals surface area contributed by atoms with Crippen molar-refractivity contribution < 1.29 is 14.3 Å². The predicted octanol–water partition coefficient (Wildman–Crippen LogP) is 4.53. The number of benzene rings is 2. The summed E-state index contributed by atoms with van der Waals surface area (Å²) in [4.78, 5) is 33.1. The molecule has 1 fully saturated rings. The Morgan fingerprint density at radius 2 is 1.57 bits per heavy atom. The summed E-state index contributed by atoms with van der Waals surface area (Å²) < 4.78 is 5.52. The zero-order chi connectivity index (χ0) is 26.4. The summed E-state index contributed by atoms with van der Waals surface area (Å²) in [5.41, 5.74) is 4.71. The van der Waals surface area contributed by atoms with Crippen molar-refractivity contribution in [3.63, 3.8) is 0 Å². The first-order chi connectivity index (χ1) is 17.9. The van der Waals surface area contributed by atoms with E-state index < -0.39 is 6.04 Å². The molecule has 0 spiro atoms. The van der Waals surface area contributed by atoms with Gasteiger partial charge in [-0.1, -0.05) is 68.4 Å². The van der Waals surface area contributed by atoms with Crippen LogP contribution in [0.5, 0.6) is 0 Å². The number of ether oxygens (including phenoxy) is 1. The molecule has 2 aromatic rings. The van der Waals surface area contributed by atoms with Gasteiger partial charge in [-0.15, -0.1) is 0 Å². The molecule has 7 nitrogen and oxygen atoms in total. The number of piperazine rings is 1. The minimum atomic E-state index is -0.537. The monoisotopic (exact) mass is 504 g/mol. The van der Waals surface area contributed by atoms with Crippen LogP contribution in [0.2, 0.25) is 0 Å². The van der Waals surface area contributed by atoms with E-state index in [0.29, 0.717) is 24.6 Å². The molecule has 2 heterocycles. The fraction of sp³-hybridized carbons (Fsp3) is 0.467. The maximum absolute atomic E-state index is 13.3. The van der Waals surface area contributed by atoms with Crippen LogP contribution in [0, 0.1) is 0 Å². The maximum Gasteiger partial charge on any atom is 0.338 e. The van der Waals surface area contributed by atoms with Crippen LogP contribution in [0.1, 0.15) is 56.3 Å². The van der Waals surface area contributed by atoms with E-state index in [1.165, 1.54) is 11.1 Å². The van der Waals surface area contributed by atoms with E-state index in [0.717, 1.165) is 44.0 Å². The van der Waals surface area contributed by atoms with Crippen LogP contribution in [0.25, 0.3) is 0 Å². The Morgan fingerprint density at radius 1 is 0.946 bits per heavy atom. The molecule has 37 heavy (non-hydrogen) atoms. The maximum atomic E-state index is 13.3. The van der Waals surface area contributed by atoms with Crippen molar-refractivity contribution in [2.24, 2.45) is 0 Å². The summed E-state index contributed by atoms with van der Waals surface area (Å²) in [6.45, 7) is 13.9. The van der Waals surface area contributed by atoms with E-state index in [4.69, 9.17) is 4.74 Å². The number of carbonyl (C=O) groups excluding carboxylic acids is 2. The SMILES string of the molecule is CCOC(=O)C1=C(CN2CCN(Cc3ccccc3)CC2)N(CC)C(=O)NC1c1ccc(C(C)C)cc1. The molecular weight excluding hydrogens is 464 g/mol. The van der Waals surface area contributed by atoms with Crippen LogP contribution in [0.3, 0.4) is 0 Å². The van der Waals surface area contributed by atoms with Crippen LogP contribution in [-0.4, -0.2) is 72.6 Å². The number of hydrogen-bond acceptors (Lipinski definition) is 5. The van der Waals surface area contributed by atoms with E-state index in [2.05, 4.69) is 65.4 Å². The highest BCUT2D eigenvalue weighted by atomic mass is 16.5. The van der Waals surface area contributed by atoms with Gasteiger partial charge in [0, 0.05) is 51.5 Å². The molecule has 198 valence electrons. The van der Waals surface area contributed by atoms with Crippen LogP contribution >= 0.6 is 0 Å². The van der Waals surface area contributed by atoms with Crippen molar-refractivity contribution in [1.82, 2.24) is 20.0 Å². The number of urea groups is 1. The standard InChI is InChI=1S/C30H40N4O3/c1-5-34-26(21-33-18-16-32(17-19-33)20-23-10-8-7-9-11-23)27(29(35)37-6-2)28(31-30(34)36)25-14-12-24(13-15-25)22(3)4/h7-15,22,28H,5-6,16-21H2,1-4H3,(H,31,36). The Balaban J connectivity index is 1.59. The molecule has 0 aliphatic carbocycles. The second-order valence-corrected chi connectivity index (χ2v) is 10.1. The topological polar surface area (TPSA) is 65.1 Å². The number of esters is 1. The minimum absolute atomic E-state index is 0.175. The Labute approximate surface area is 221 Å². The van der Waals surface area contributed by atoms with E-state index >= 15 is 0 Å². The molecular formula is C30H40N4O3. The van der Waals surface area contributed by atoms with Gasteiger partial charge in [0.15, 0.2) is 0 Å². The quantitative estimate of drug-likeness (QED) is 0.509. The molecule has 0 bridgehead atoms. The van der Waals surface area contributed by atoms with Crippen molar-refractivity contribution in [3.05, 3.63) is 82.6 Å². The molecule has 1 saturated heterocycles. The normalized spacial score (nSPS) is 19.3. The zero-order valence-electron chi connectivity index (χ0n) is 22.6. The van der Waals surface area contributed by atoms with E-state index in [9.17, 15) is 9.59 Å². The van der Waals surface area contributed by atoms with Crippen LogP contribution < -0.4 is 5.32 Å². The van der Waals surface area contributed by atoms with Crippen molar-refractivity contribution in [1.29, 1.82) is 0 Å². The second-order valence-electron chi connectivity index (χ2n) is 10.1. The number of nitrogens with zero attached hydrogens (tertiary/aromatic N) is 3. The summed E-state index contributed by atoms with van der Waals surface area (Å²) >= 11 is 0. The van der Waals surface area contributed by atoms with Crippen molar-refractivity contribution >= 4 is 12.0 Å². The van der Waals surface area contributed by atoms with Gasteiger partial charge < -0.3 is 10.1 Å². The van der Waals surface area contributed by atoms with Gasteiger partial charge in [0.2, 0.25) is 0 Å². The van der Waals surface area contributed by atoms with Gasteiger partial charge in [-0.2, -0.15) is 0 Å². The molecule has 2 aromatic carbocycles. The largest absolute Gasteiger partial charge is 0.463 e.